The fraction of sp³-hybridized carbons (Fsp3) is 0.379. The number of hydrogen-bond donors (Lipinski definition) is 2. The molecule has 0 radical (unpaired) electrons. The molecular weight excluding hydrogens is 511 g/mol. The molecule has 2 aliphatic rings. The van der Waals surface area contributed by atoms with Crippen LogP contribution in [0.3, 0.4) is 0 Å². The highest BCUT2D eigenvalue weighted by Crippen LogP contribution is 2.42. The van der Waals surface area contributed by atoms with E-state index in [1.54, 1.807) is 12.1 Å². The van der Waals surface area contributed by atoms with E-state index in [2.05, 4.69) is 15.2 Å². The van der Waals surface area contributed by atoms with E-state index < -0.39 is 17.8 Å². The summed E-state index contributed by atoms with van der Waals surface area (Å²) in [4.78, 5) is 18.2. The minimum atomic E-state index is -4.64. The van der Waals surface area contributed by atoms with Gasteiger partial charge in [0, 0.05) is 49.8 Å². The number of pyridine rings is 1. The molecule has 1 spiro atoms. The van der Waals surface area contributed by atoms with Gasteiger partial charge in [-0.2, -0.15) is 13.2 Å². The first-order chi connectivity index (χ1) is 18.7. The minimum Gasteiger partial charge on any atom is -0.485 e. The lowest BCUT2D eigenvalue weighted by atomic mass is 9.90. The highest BCUT2D eigenvalue weighted by atomic mass is 19.4. The lowest BCUT2D eigenvalue weighted by Gasteiger charge is -2.36. The van der Waals surface area contributed by atoms with Crippen LogP contribution in [-0.4, -0.2) is 54.5 Å². The molecule has 0 bridgehead atoms. The molecule has 3 heterocycles. The summed E-state index contributed by atoms with van der Waals surface area (Å²) in [7, 11) is 0. The van der Waals surface area contributed by atoms with Crippen LogP contribution in [0.25, 0.3) is 11.1 Å². The second-order valence-corrected chi connectivity index (χ2v) is 9.95. The van der Waals surface area contributed by atoms with Crippen molar-refractivity contribution < 1.29 is 32.5 Å². The molecule has 1 fully saturated rings. The fourth-order valence-electron chi connectivity index (χ4n) is 5.16. The standard InChI is InChI=1S/C29H30F3N3O4/c1-19-2-4-22(34-27(37)21-6-10-33-26(17-21)29(30,31)32)18-23(19)20-3-5-24-25(16-20)39-28(8-14-38-15-9-28)7-11-35(24)12-13-36/h2-6,10,16-18,36H,7-9,11-15H2,1H3,(H,34,37). The van der Waals surface area contributed by atoms with Gasteiger partial charge in [0.05, 0.1) is 25.5 Å². The number of carbonyl (C=O) groups excluding carboxylic acids is 1. The third kappa shape index (κ3) is 5.86. The normalized spacial score (nSPS) is 16.8. The molecule has 2 aromatic carbocycles. The van der Waals surface area contributed by atoms with Gasteiger partial charge in [0.1, 0.15) is 17.0 Å². The van der Waals surface area contributed by atoms with Gasteiger partial charge in [0.15, 0.2) is 0 Å². The maximum atomic E-state index is 13.0. The molecule has 206 valence electrons. The Labute approximate surface area is 224 Å². The first-order valence-electron chi connectivity index (χ1n) is 12.9. The van der Waals surface area contributed by atoms with Crippen molar-refractivity contribution in [2.24, 2.45) is 0 Å². The Kier molecular flexibility index (Phi) is 7.51. The number of alkyl halides is 3. The number of rotatable bonds is 5. The molecule has 3 aromatic rings. The average molecular weight is 542 g/mol. The Morgan fingerprint density at radius 2 is 1.90 bits per heavy atom. The van der Waals surface area contributed by atoms with Gasteiger partial charge < -0.3 is 24.8 Å². The van der Waals surface area contributed by atoms with Crippen LogP contribution >= 0.6 is 0 Å². The lowest BCUT2D eigenvalue weighted by Crippen LogP contribution is -2.43. The van der Waals surface area contributed by atoms with Gasteiger partial charge in [-0.05, 0) is 60.0 Å². The number of nitrogens with one attached hydrogen (secondary N) is 1. The molecule has 0 aliphatic carbocycles. The van der Waals surface area contributed by atoms with Crippen molar-refractivity contribution in [1.82, 2.24) is 4.98 Å². The fourth-order valence-corrected chi connectivity index (χ4v) is 5.16. The van der Waals surface area contributed by atoms with Crippen LogP contribution in [0.15, 0.2) is 54.7 Å². The third-order valence-electron chi connectivity index (χ3n) is 7.36. The highest BCUT2D eigenvalue weighted by Gasteiger charge is 2.38. The summed E-state index contributed by atoms with van der Waals surface area (Å²) in [6.45, 7) is 4.51. The first-order valence-corrected chi connectivity index (χ1v) is 12.9. The number of β-amino-alcohol motifs (C(OH)–C–C–N with tert-alkyl or cyclic N) is 1. The second kappa shape index (κ2) is 10.9. The zero-order valence-corrected chi connectivity index (χ0v) is 21.6. The number of aryl methyl sites for hydroxylation is 1. The summed E-state index contributed by atoms with van der Waals surface area (Å²) < 4.78 is 51.4. The number of fused-ring (bicyclic) bond motifs is 1. The molecule has 2 N–H and O–H groups in total. The van der Waals surface area contributed by atoms with Gasteiger partial charge in [-0.15, -0.1) is 0 Å². The van der Waals surface area contributed by atoms with E-state index >= 15 is 0 Å². The number of hydrogen-bond acceptors (Lipinski definition) is 6. The SMILES string of the molecule is Cc1ccc(NC(=O)c2ccnc(C(F)(F)F)c2)cc1-c1ccc2c(c1)OC1(CCOCC1)CCN2CCO. The topological polar surface area (TPSA) is 83.9 Å². The Hall–Kier alpha value is -3.63. The van der Waals surface area contributed by atoms with Crippen LogP contribution in [0, 0.1) is 6.92 Å². The van der Waals surface area contributed by atoms with E-state index in [1.807, 2.05) is 31.2 Å². The molecule has 1 aromatic heterocycles. The summed E-state index contributed by atoms with van der Waals surface area (Å²) in [5.41, 5.74) is 2.45. The second-order valence-electron chi connectivity index (χ2n) is 9.95. The van der Waals surface area contributed by atoms with Crippen LogP contribution in [0.1, 0.15) is 40.9 Å². The number of nitrogens with zero attached hydrogens (tertiary/aromatic N) is 2. The maximum absolute atomic E-state index is 13.0. The molecule has 7 nitrogen and oxygen atoms in total. The monoisotopic (exact) mass is 541 g/mol. The van der Waals surface area contributed by atoms with Crippen molar-refractivity contribution in [3.63, 3.8) is 0 Å². The number of halogens is 3. The zero-order valence-electron chi connectivity index (χ0n) is 21.6. The summed E-state index contributed by atoms with van der Waals surface area (Å²) in [5, 5.41) is 12.4. The van der Waals surface area contributed by atoms with Crippen molar-refractivity contribution in [1.29, 1.82) is 0 Å². The Balaban J connectivity index is 1.45. The van der Waals surface area contributed by atoms with Gasteiger partial charge >= 0.3 is 6.18 Å². The van der Waals surface area contributed by atoms with Gasteiger partial charge in [-0.25, -0.2) is 0 Å². The van der Waals surface area contributed by atoms with E-state index in [1.165, 1.54) is 6.07 Å². The van der Waals surface area contributed by atoms with Crippen molar-refractivity contribution in [2.75, 3.05) is 43.1 Å². The summed E-state index contributed by atoms with van der Waals surface area (Å²) in [6.07, 6.45) is -1.27. The van der Waals surface area contributed by atoms with Crippen molar-refractivity contribution in [3.05, 3.63) is 71.5 Å². The van der Waals surface area contributed by atoms with Gasteiger partial charge in [0.25, 0.3) is 5.91 Å². The van der Waals surface area contributed by atoms with Crippen LogP contribution in [-0.2, 0) is 10.9 Å². The molecule has 39 heavy (non-hydrogen) atoms. The zero-order chi connectivity index (χ0) is 27.6. The smallest absolute Gasteiger partial charge is 0.433 e. The number of ether oxygens (including phenoxy) is 2. The number of aliphatic hydroxyl groups is 1. The molecular formula is C29H30F3N3O4. The molecule has 0 atom stereocenters. The molecule has 2 aliphatic heterocycles. The number of anilines is 2. The van der Waals surface area contributed by atoms with Crippen LogP contribution in [0.2, 0.25) is 0 Å². The number of aliphatic hydroxyl groups excluding tert-OH is 1. The predicted octanol–water partition coefficient (Wildman–Crippen LogP) is 5.46. The largest absolute Gasteiger partial charge is 0.485 e. The summed E-state index contributed by atoms with van der Waals surface area (Å²) >= 11 is 0. The minimum absolute atomic E-state index is 0.0279. The van der Waals surface area contributed by atoms with Crippen molar-refractivity contribution in [3.8, 4) is 16.9 Å². The van der Waals surface area contributed by atoms with E-state index in [0.717, 1.165) is 66.2 Å². The van der Waals surface area contributed by atoms with Crippen molar-refractivity contribution in [2.45, 2.75) is 38.0 Å². The summed E-state index contributed by atoms with van der Waals surface area (Å²) in [5.74, 6) is 0.0646. The van der Waals surface area contributed by atoms with Gasteiger partial charge in [-0.3, -0.25) is 9.78 Å². The Bertz CT molecular complexity index is 1360. The van der Waals surface area contributed by atoms with E-state index in [9.17, 15) is 23.1 Å². The van der Waals surface area contributed by atoms with Gasteiger partial charge in [-0.1, -0.05) is 12.1 Å². The third-order valence-corrected chi connectivity index (χ3v) is 7.36. The van der Waals surface area contributed by atoms with E-state index in [0.29, 0.717) is 25.4 Å². The Morgan fingerprint density at radius 1 is 1.10 bits per heavy atom. The number of amides is 1. The molecule has 1 saturated heterocycles. The number of aromatic nitrogens is 1. The molecule has 0 saturated carbocycles. The van der Waals surface area contributed by atoms with Crippen LogP contribution in [0.4, 0.5) is 24.5 Å². The molecule has 1 amide bonds. The molecule has 5 rings (SSSR count). The Morgan fingerprint density at radius 3 is 2.64 bits per heavy atom. The first kappa shape index (κ1) is 27.0. The van der Waals surface area contributed by atoms with Crippen LogP contribution in [0.5, 0.6) is 5.75 Å². The lowest BCUT2D eigenvalue weighted by molar-refractivity contribution is -0.141. The highest BCUT2D eigenvalue weighted by molar-refractivity contribution is 6.04. The van der Waals surface area contributed by atoms with E-state index in [-0.39, 0.29) is 17.8 Å². The molecule has 0 unspecified atom stereocenters. The number of carbonyl (C=O) groups is 1. The molecule has 10 heteroatoms. The van der Waals surface area contributed by atoms with Crippen molar-refractivity contribution >= 4 is 17.3 Å². The number of benzene rings is 2. The van der Waals surface area contributed by atoms with Crippen LogP contribution < -0.4 is 15.0 Å². The maximum Gasteiger partial charge on any atom is 0.433 e. The van der Waals surface area contributed by atoms with E-state index in [4.69, 9.17) is 9.47 Å². The predicted molar refractivity (Wildman–Crippen MR) is 141 cm³/mol. The average Bonchev–Trinajstić information content (AvgIpc) is 3.06. The quantitative estimate of drug-likeness (QED) is 0.447. The summed E-state index contributed by atoms with van der Waals surface area (Å²) in [6, 6.07) is 13.3. The van der Waals surface area contributed by atoms with Gasteiger partial charge in [0.2, 0.25) is 0 Å².